The lowest BCUT2D eigenvalue weighted by Gasteiger charge is -2.31. The largest absolute Gasteiger partial charge is 0.493 e. The molecule has 2 amide bonds. The predicted molar refractivity (Wildman–Crippen MR) is 111 cm³/mol. The summed E-state index contributed by atoms with van der Waals surface area (Å²) in [7, 11) is 1.85. The molecule has 0 spiro atoms. The molecule has 1 saturated heterocycles. The molecule has 2 heterocycles. The van der Waals surface area contributed by atoms with Crippen LogP contribution in [0.5, 0.6) is 5.75 Å². The molecule has 0 unspecified atom stereocenters. The lowest BCUT2D eigenvalue weighted by atomic mass is 9.95. The van der Waals surface area contributed by atoms with Crippen LogP contribution in [0.15, 0.2) is 30.3 Å². The predicted octanol–water partition coefficient (Wildman–Crippen LogP) is 1.84. The number of benzene rings is 1. The highest BCUT2D eigenvalue weighted by atomic mass is 32.1. The normalized spacial score (nSPS) is 14.6. The molecule has 0 aliphatic carbocycles. The molecule has 8 nitrogen and oxygen atoms in total. The van der Waals surface area contributed by atoms with E-state index in [2.05, 4.69) is 15.5 Å². The molecular weight excluding hydrogens is 390 g/mol. The van der Waals surface area contributed by atoms with Gasteiger partial charge in [-0.15, -0.1) is 0 Å². The lowest BCUT2D eigenvalue weighted by Crippen LogP contribution is -2.43. The van der Waals surface area contributed by atoms with Gasteiger partial charge in [0.2, 0.25) is 11.8 Å². The Morgan fingerprint density at radius 2 is 2.00 bits per heavy atom. The van der Waals surface area contributed by atoms with Crippen LogP contribution in [-0.4, -0.2) is 57.7 Å². The minimum atomic E-state index is -0.0536. The number of carbonyl (C=O) groups is 2. The number of likely N-dealkylation sites (tertiary alicyclic amines) is 1. The van der Waals surface area contributed by atoms with Crippen molar-refractivity contribution in [1.82, 2.24) is 25.0 Å². The maximum atomic E-state index is 12.4. The Labute approximate surface area is 175 Å². The van der Waals surface area contributed by atoms with Gasteiger partial charge >= 0.3 is 0 Å². The summed E-state index contributed by atoms with van der Waals surface area (Å²) in [4.78, 5) is 26.6. The van der Waals surface area contributed by atoms with Crippen LogP contribution in [0, 0.1) is 10.7 Å². The van der Waals surface area contributed by atoms with Crippen molar-refractivity contribution in [2.45, 2.75) is 25.7 Å². The minimum Gasteiger partial charge on any atom is -0.493 e. The van der Waals surface area contributed by atoms with E-state index in [4.69, 9.17) is 17.0 Å². The second-order valence-electron chi connectivity index (χ2n) is 7.11. The zero-order valence-corrected chi connectivity index (χ0v) is 17.4. The number of aromatic nitrogens is 3. The molecular formula is C20H27N5O3S. The number of nitrogens with zero attached hydrogens (tertiary/aromatic N) is 3. The highest BCUT2D eigenvalue weighted by Gasteiger charge is 2.27. The van der Waals surface area contributed by atoms with Crippen molar-refractivity contribution in [3.05, 3.63) is 40.9 Å². The summed E-state index contributed by atoms with van der Waals surface area (Å²) in [5, 5.41) is 9.84. The fraction of sp³-hybridized carbons (Fsp3) is 0.500. The van der Waals surface area contributed by atoms with Gasteiger partial charge in [-0.3, -0.25) is 14.7 Å². The van der Waals surface area contributed by atoms with Crippen LogP contribution in [0.1, 0.15) is 25.1 Å². The molecule has 1 aliphatic rings. The summed E-state index contributed by atoms with van der Waals surface area (Å²) in [6, 6.07) is 9.47. The maximum absolute atomic E-state index is 12.4. The van der Waals surface area contributed by atoms with E-state index in [-0.39, 0.29) is 17.7 Å². The number of para-hydroxylation sites is 1. The first kappa shape index (κ1) is 21.0. The number of aromatic amines is 1. The summed E-state index contributed by atoms with van der Waals surface area (Å²) < 4.78 is 7.96. The molecule has 1 aliphatic heterocycles. The van der Waals surface area contributed by atoms with Gasteiger partial charge < -0.3 is 19.5 Å². The summed E-state index contributed by atoms with van der Waals surface area (Å²) in [5.41, 5.74) is 0. The van der Waals surface area contributed by atoms with E-state index >= 15 is 0 Å². The van der Waals surface area contributed by atoms with Gasteiger partial charge in [0.15, 0.2) is 4.77 Å². The van der Waals surface area contributed by atoms with Crippen molar-refractivity contribution in [3.8, 4) is 5.75 Å². The SMILES string of the molecule is Cn1c(CCNC(=O)C2CCN(C(=O)CCOc3ccccc3)CC2)n[nH]c1=S. The average molecular weight is 418 g/mol. The molecule has 156 valence electrons. The van der Waals surface area contributed by atoms with Gasteiger partial charge in [-0.05, 0) is 37.2 Å². The third-order valence-corrected chi connectivity index (χ3v) is 5.53. The van der Waals surface area contributed by atoms with Crippen molar-refractivity contribution in [2.24, 2.45) is 13.0 Å². The molecule has 2 N–H and O–H groups in total. The van der Waals surface area contributed by atoms with Gasteiger partial charge in [0.25, 0.3) is 0 Å². The van der Waals surface area contributed by atoms with E-state index in [1.54, 1.807) is 4.57 Å². The van der Waals surface area contributed by atoms with Crippen LogP contribution in [0.25, 0.3) is 0 Å². The number of hydrogen-bond donors (Lipinski definition) is 2. The molecule has 2 aromatic rings. The second kappa shape index (κ2) is 10.2. The van der Waals surface area contributed by atoms with Gasteiger partial charge in [-0.25, -0.2) is 0 Å². The summed E-state index contributed by atoms with van der Waals surface area (Å²) in [5.74, 6) is 1.64. The minimum absolute atomic E-state index is 0.0429. The Bertz CT molecular complexity index is 872. The summed E-state index contributed by atoms with van der Waals surface area (Å²) in [6.45, 7) is 2.09. The number of ether oxygens (including phenoxy) is 1. The van der Waals surface area contributed by atoms with E-state index < -0.39 is 0 Å². The second-order valence-corrected chi connectivity index (χ2v) is 7.50. The van der Waals surface area contributed by atoms with Gasteiger partial charge in [-0.1, -0.05) is 18.2 Å². The van der Waals surface area contributed by atoms with E-state index in [0.29, 0.717) is 56.7 Å². The van der Waals surface area contributed by atoms with Crippen LogP contribution in [0.4, 0.5) is 0 Å². The molecule has 1 aromatic carbocycles. The maximum Gasteiger partial charge on any atom is 0.225 e. The van der Waals surface area contributed by atoms with Crippen molar-refractivity contribution in [3.63, 3.8) is 0 Å². The Kier molecular flexibility index (Phi) is 7.40. The summed E-state index contributed by atoms with van der Waals surface area (Å²) in [6.07, 6.45) is 2.33. The van der Waals surface area contributed by atoms with Gasteiger partial charge in [0, 0.05) is 39.0 Å². The third kappa shape index (κ3) is 5.90. The monoisotopic (exact) mass is 417 g/mol. The van der Waals surface area contributed by atoms with Crippen molar-refractivity contribution in [2.75, 3.05) is 26.2 Å². The van der Waals surface area contributed by atoms with E-state index in [1.165, 1.54) is 0 Å². The number of rotatable bonds is 8. The molecule has 29 heavy (non-hydrogen) atoms. The topological polar surface area (TPSA) is 92.2 Å². The standard InChI is InChI=1S/C20H27N5O3S/c1-24-17(22-23-20(24)29)7-11-21-19(27)15-8-12-25(13-9-15)18(26)10-14-28-16-5-3-2-4-6-16/h2-6,15H,7-14H2,1H3,(H,21,27)(H,23,29). The molecule has 3 rings (SSSR count). The molecule has 0 saturated carbocycles. The lowest BCUT2D eigenvalue weighted by molar-refractivity contribution is -0.136. The Balaban J connectivity index is 1.33. The smallest absolute Gasteiger partial charge is 0.225 e. The third-order valence-electron chi connectivity index (χ3n) is 5.17. The molecule has 1 aromatic heterocycles. The molecule has 0 radical (unpaired) electrons. The first-order valence-electron chi connectivity index (χ1n) is 9.88. The Morgan fingerprint density at radius 1 is 1.28 bits per heavy atom. The zero-order valence-electron chi connectivity index (χ0n) is 16.6. The number of amides is 2. The van der Waals surface area contributed by atoms with Crippen LogP contribution < -0.4 is 10.1 Å². The Morgan fingerprint density at radius 3 is 2.66 bits per heavy atom. The van der Waals surface area contributed by atoms with Gasteiger partial charge in [0.05, 0.1) is 13.0 Å². The van der Waals surface area contributed by atoms with E-state index in [9.17, 15) is 9.59 Å². The van der Waals surface area contributed by atoms with E-state index in [0.717, 1.165) is 11.6 Å². The number of nitrogens with one attached hydrogen (secondary N) is 2. The fourth-order valence-corrected chi connectivity index (χ4v) is 3.52. The Hall–Kier alpha value is -2.68. The quantitative estimate of drug-likeness (QED) is 0.640. The van der Waals surface area contributed by atoms with Crippen molar-refractivity contribution >= 4 is 24.0 Å². The first-order valence-corrected chi connectivity index (χ1v) is 10.3. The highest BCUT2D eigenvalue weighted by molar-refractivity contribution is 7.71. The highest BCUT2D eigenvalue weighted by Crippen LogP contribution is 2.18. The average Bonchev–Trinajstić information content (AvgIpc) is 3.06. The molecule has 9 heteroatoms. The molecule has 1 fully saturated rings. The number of piperidine rings is 1. The number of hydrogen-bond acceptors (Lipinski definition) is 5. The fourth-order valence-electron chi connectivity index (χ4n) is 3.37. The summed E-state index contributed by atoms with van der Waals surface area (Å²) >= 11 is 5.08. The first-order chi connectivity index (χ1) is 14.0. The van der Waals surface area contributed by atoms with Crippen LogP contribution in [0.2, 0.25) is 0 Å². The van der Waals surface area contributed by atoms with Crippen molar-refractivity contribution < 1.29 is 14.3 Å². The van der Waals surface area contributed by atoms with E-state index in [1.807, 2.05) is 42.3 Å². The molecule has 0 bridgehead atoms. The molecule has 0 atom stereocenters. The zero-order chi connectivity index (χ0) is 20.6. The van der Waals surface area contributed by atoms with Crippen LogP contribution >= 0.6 is 12.2 Å². The van der Waals surface area contributed by atoms with Crippen LogP contribution in [0.3, 0.4) is 0 Å². The van der Waals surface area contributed by atoms with Gasteiger partial charge in [-0.2, -0.15) is 5.10 Å². The van der Waals surface area contributed by atoms with Gasteiger partial charge in [0.1, 0.15) is 11.6 Å². The number of carbonyl (C=O) groups excluding carboxylic acids is 2. The van der Waals surface area contributed by atoms with Crippen molar-refractivity contribution in [1.29, 1.82) is 0 Å². The van der Waals surface area contributed by atoms with Crippen LogP contribution in [-0.2, 0) is 23.1 Å². The number of H-pyrrole nitrogens is 1.